The smallest absolute Gasteiger partial charge is 0.241 e. The van der Waals surface area contributed by atoms with Crippen LogP contribution in [0, 0.1) is 17.2 Å². The summed E-state index contributed by atoms with van der Waals surface area (Å²) in [6, 6.07) is 9.84. The van der Waals surface area contributed by atoms with Crippen molar-refractivity contribution in [2.24, 2.45) is 5.92 Å². The van der Waals surface area contributed by atoms with Gasteiger partial charge in [-0.3, -0.25) is 4.79 Å². The first-order chi connectivity index (χ1) is 8.88. The number of hydrogen-bond donors (Lipinski definition) is 1. The third-order valence-electron chi connectivity index (χ3n) is 3.07. The second kappa shape index (κ2) is 6.38. The maximum Gasteiger partial charge on any atom is 0.241 e. The molecule has 0 saturated carbocycles. The van der Waals surface area contributed by atoms with E-state index in [-0.39, 0.29) is 11.3 Å². The van der Waals surface area contributed by atoms with Crippen LogP contribution in [-0.2, 0) is 10.2 Å². The highest BCUT2D eigenvalue weighted by Gasteiger charge is 2.17. The van der Waals surface area contributed by atoms with Crippen molar-refractivity contribution in [3.8, 4) is 6.07 Å². The van der Waals surface area contributed by atoms with Crippen LogP contribution in [0.15, 0.2) is 24.3 Å². The molecule has 1 N–H and O–H groups in total. The van der Waals surface area contributed by atoms with Gasteiger partial charge in [-0.05, 0) is 29.5 Å². The predicted octanol–water partition coefficient (Wildman–Crippen LogP) is 3.86. The van der Waals surface area contributed by atoms with Gasteiger partial charge in [-0.2, -0.15) is 5.26 Å². The normalized spacial score (nSPS) is 12.6. The second-order valence-electron chi connectivity index (χ2n) is 5.79. The van der Waals surface area contributed by atoms with Gasteiger partial charge in [0.2, 0.25) is 5.91 Å². The summed E-state index contributed by atoms with van der Waals surface area (Å²) in [5.41, 5.74) is 2.06. The molecule has 1 rings (SSSR count). The molecule has 0 spiro atoms. The van der Waals surface area contributed by atoms with E-state index < -0.39 is 5.92 Å². The molecule has 0 radical (unpaired) electrons. The minimum absolute atomic E-state index is 0.0972. The molecular weight excluding hydrogens is 236 g/mol. The van der Waals surface area contributed by atoms with Crippen molar-refractivity contribution in [1.82, 2.24) is 0 Å². The van der Waals surface area contributed by atoms with Crippen molar-refractivity contribution in [1.29, 1.82) is 5.26 Å². The Kier molecular flexibility index (Phi) is 5.11. The molecule has 102 valence electrons. The van der Waals surface area contributed by atoms with Gasteiger partial charge < -0.3 is 5.32 Å². The standard InChI is InChI=1S/C16H22N2O/c1-5-6-12(11-17)15(19)18-14-9-7-13(8-10-14)16(2,3)4/h7-10,12H,5-6H2,1-4H3,(H,18,19). The molecule has 1 aromatic rings. The number of rotatable bonds is 4. The van der Waals surface area contributed by atoms with Crippen molar-refractivity contribution in [2.45, 2.75) is 46.0 Å². The van der Waals surface area contributed by atoms with Crippen LogP contribution in [0.4, 0.5) is 5.69 Å². The van der Waals surface area contributed by atoms with Gasteiger partial charge in [0, 0.05) is 5.69 Å². The quantitative estimate of drug-likeness (QED) is 0.891. The van der Waals surface area contributed by atoms with Crippen LogP contribution in [0.5, 0.6) is 0 Å². The minimum Gasteiger partial charge on any atom is -0.325 e. The molecule has 0 aromatic heterocycles. The molecule has 1 atom stereocenters. The average molecular weight is 258 g/mol. The first-order valence-electron chi connectivity index (χ1n) is 6.69. The van der Waals surface area contributed by atoms with Crippen molar-refractivity contribution in [3.63, 3.8) is 0 Å². The monoisotopic (exact) mass is 258 g/mol. The number of carbonyl (C=O) groups excluding carboxylic acids is 1. The fraction of sp³-hybridized carbons (Fsp3) is 0.500. The van der Waals surface area contributed by atoms with Crippen molar-refractivity contribution < 1.29 is 4.79 Å². The highest BCUT2D eigenvalue weighted by Crippen LogP contribution is 2.23. The van der Waals surface area contributed by atoms with Crippen LogP contribution in [0.25, 0.3) is 0 Å². The van der Waals surface area contributed by atoms with Gasteiger partial charge in [0.15, 0.2) is 0 Å². The Bertz CT molecular complexity index is 463. The number of hydrogen-bond acceptors (Lipinski definition) is 2. The van der Waals surface area contributed by atoms with E-state index in [2.05, 4.69) is 26.1 Å². The number of nitriles is 1. The van der Waals surface area contributed by atoms with Crippen molar-refractivity contribution in [2.75, 3.05) is 5.32 Å². The molecule has 0 fully saturated rings. The van der Waals surface area contributed by atoms with E-state index in [1.165, 1.54) is 5.56 Å². The van der Waals surface area contributed by atoms with Crippen LogP contribution in [0.1, 0.15) is 46.1 Å². The molecule has 19 heavy (non-hydrogen) atoms. The molecule has 0 heterocycles. The lowest BCUT2D eigenvalue weighted by molar-refractivity contribution is -0.118. The van der Waals surface area contributed by atoms with Crippen LogP contribution < -0.4 is 5.32 Å². The Morgan fingerprint density at radius 1 is 1.32 bits per heavy atom. The summed E-state index contributed by atoms with van der Waals surface area (Å²) in [4.78, 5) is 11.9. The fourth-order valence-electron chi connectivity index (χ4n) is 1.83. The average Bonchev–Trinajstić information content (AvgIpc) is 2.35. The molecule has 3 heteroatoms. The van der Waals surface area contributed by atoms with E-state index in [4.69, 9.17) is 5.26 Å². The van der Waals surface area contributed by atoms with Crippen LogP contribution in [0.2, 0.25) is 0 Å². The van der Waals surface area contributed by atoms with Gasteiger partial charge in [0.25, 0.3) is 0 Å². The van der Waals surface area contributed by atoms with Gasteiger partial charge >= 0.3 is 0 Å². The van der Waals surface area contributed by atoms with Gasteiger partial charge in [0.1, 0.15) is 5.92 Å². The van der Waals surface area contributed by atoms with Gasteiger partial charge in [0.05, 0.1) is 6.07 Å². The summed E-state index contributed by atoms with van der Waals surface area (Å²) in [6.07, 6.45) is 1.43. The van der Waals surface area contributed by atoms with E-state index in [0.29, 0.717) is 6.42 Å². The Hall–Kier alpha value is -1.82. The van der Waals surface area contributed by atoms with Gasteiger partial charge in [-0.15, -0.1) is 0 Å². The van der Waals surface area contributed by atoms with Crippen molar-refractivity contribution in [3.05, 3.63) is 29.8 Å². The fourth-order valence-corrected chi connectivity index (χ4v) is 1.83. The molecular formula is C16H22N2O. The van der Waals surface area contributed by atoms with E-state index >= 15 is 0 Å². The second-order valence-corrected chi connectivity index (χ2v) is 5.79. The zero-order valence-electron chi connectivity index (χ0n) is 12.2. The summed E-state index contributed by atoms with van der Waals surface area (Å²) in [7, 11) is 0. The Morgan fingerprint density at radius 2 is 1.89 bits per heavy atom. The molecule has 1 aromatic carbocycles. The molecule has 1 amide bonds. The predicted molar refractivity (Wildman–Crippen MR) is 77.8 cm³/mol. The third kappa shape index (κ3) is 4.40. The Morgan fingerprint density at radius 3 is 2.32 bits per heavy atom. The van der Waals surface area contributed by atoms with Crippen LogP contribution in [0.3, 0.4) is 0 Å². The summed E-state index contributed by atoms with van der Waals surface area (Å²) >= 11 is 0. The number of nitrogens with zero attached hydrogens (tertiary/aromatic N) is 1. The third-order valence-corrected chi connectivity index (χ3v) is 3.07. The lowest BCUT2D eigenvalue weighted by Crippen LogP contribution is -2.21. The largest absolute Gasteiger partial charge is 0.325 e. The summed E-state index contributed by atoms with van der Waals surface area (Å²) in [6.45, 7) is 8.41. The van der Waals surface area contributed by atoms with E-state index in [1.54, 1.807) is 0 Å². The Balaban J connectivity index is 2.73. The van der Waals surface area contributed by atoms with E-state index in [9.17, 15) is 4.79 Å². The molecule has 0 aliphatic heterocycles. The SMILES string of the molecule is CCCC(C#N)C(=O)Nc1ccc(C(C)(C)C)cc1. The number of benzene rings is 1. The van der Waals surface area contributed by atoms with E-state index in [1.807, 2.05) is 37.3 Å². The zero-order chi connectivity index (χ0) is 14.5. The highest BCUT2D eigenvalue weighted by atomic mass is 16.1. The summed E-state index contributed by atoms with van der Waals surface area (Å²) < 4.78 is 0. The van der Waals surface area contributed by atoms with Gasteiger partial charge in [-0.25, -0.2) is 0 Å². The van der Waals surface area contributed by atoms with E-state index in [0.717, 1.165) is 12.1 Å². The first kappa shape index (κ1) is 15.2. The lowest BCUT2D eigenvalue weighted by Gasteiger charge is -2.19. The molecule has 0 saturated heterocycles. The van der Waals surface area contributed by atoms with Crippen LogP contribution >= 0.6 is 0 Å². The number of nitrogens with one attached hydrogen (secondary N) is 1. The lowest BCUT2D eigenvalue weighted by atomic mass is 9.87. The maximum atomic E-state index is 11.9. The topological polar surface area (TPSA) is 52.9 Å². The Labute approximate surface area is 115 Å². The maximum absolute atomic E-state index is 11.9. The minimum atomic E-state index is -0.563. The molecule has 0 aliphatic rings. The zero-order valence-corrected chi connectivity index (χ0v) is 12.2. The molecule has 0 aliphatic carbocycles. The first-order valence-corrected chi connectivity index (χ1v) is 6.69. The number of carbonyl (C=O) groups is 1. The number of anilines is 1. The highest BCUT2D eigenvalue weighted by molar-refractivity contribution is 5.94. The summed E-state index contributed by atoms with van der Waals surface area (Å²) in [5, 5.41) is 11.7. The van der Waals surface area contributed by atoms with Crippen LogP contribution in [-0.4, -0.2) is 5.91 Å². The number of amides is 1. The molecule has 1 unspecified atom stereocenters. The molecule has 0 bridgehead atoms. The van der Waals surface area contributed by atoms with Crippen molar-refractivity contribution >= 4 is 11.6 Å². The molecule has 3 nitrogen and oxygen atoms in total. The van der Waals surface area contributed by atoms with Gasteiger partial charge in [-0.1, -0.05) is 46.2 Å². The summed E-state index contributed by atoms with van der Waals surface area (Å²) in [5.74, 6) is -0.778.